The van der Waals surface area contributed by atoms with Gasteiger partial charge in [0, 0.05) is 29.0 Å². The number of fused-ring (bicyclic) bond motifs is 1. The first kappa shape index (κ1) is 18.2. The number of aromatic nitrogens is 1. The molecule has 0 saturated carbocycles. The third kappa shape index (κ3) is 3.95. The highest BCUT2D eigenvalue weighted by molar-refractivity contribution is 7.16. The summed E-state index contributed by atoms with van der Waals surface area (Å²) < 4.78 is 0.657. The molecule has 2 heterocycles. The second-order valence-corrected chi connectivity index (χ2v) is 7.51. The van der Waals surface area contributed by atoms with Crippen molar-refractivity contribution in [3.8, 4) is 0 Å². The topological polar surface area (TPSA) is 82.3 Å². The molecule has 3 rings (SSSR count). The van der Waals surface area contributed by atoms with Gasteiger partial charge in [-0.05, 0) is 24.3 Å². The molecule has 2 aromatic heterocycles. The van der Waals surface area contributed by atoms with E-state index in [0.717, 1.165) is 4.88 Å². The van der Waals surface area contributed by atoms with Crippen LogP contribution >= 0.6 is 22.9 Å². The second kappa shape index (κ2) is 7.72. The van der Waals surface area contributed by atoms with Gasteiger partial charge in [0.05, 0.1) is 17.4 Å². The molecule has 2 amide bonds. The molecule has 0 fully saturated rings. The van der Waals surface area contributed by atoms with Crippen molar-refractivity contribution in [2.75, 3.05) is 13.6 Å². The van der Waals surface area contributed by atoms with Crippen LogP contribution in [-0.4, -0.2) is 35.3 Å². The molecule has 6 nitrogen and oxygen atoms in total. The molecule has 2 N–H and O–H groups in total. The predicted molar refractivity (Wildman–Crippen MR) is 103 cm³/mol. The maximum absolute atomic E-state index is 12.4. The number of nitrogens with zero attached hydrogens (tertiary/aromatic N) is 1. The maximum Gasteiger partial charge on any atom is 0.257 e. The smallest absolute Gasteiger partial charge is 0.257 e. The summed E-state index contributed by atoms with van der Waals surface area (Å²) in [5.41, 5.74) is 0.259. The average Bonchev–Trinajstić information content (AvgIpc) is 3.04. The van der Waals surface area contributed by atoms with E-state index in [9.17, 15) is 14.4 Å². The fraction of sp³-hybridized carbons (Fsp3) is 0.167. The number of amides is 2. The Labute approximate surface area is 158 Å². The number of hydrogen-bond acceptors (Lipinski definition) is 4. The fourth-order valence-electron chi connectivity index (χ4n) is 2.48. The highest BCUT2D eigenvalue weighted by atomic mass is 35.5. The highest BCUT2D eigenvalue weighted by Crippen LogP contribution is 2.22. The molecular formula is C18H16ClN3O3S. The summed E-state index contributed by atoms with van der Waals surface area (Å²) in [4.78, 5) is 42.2. The molecule has 0 aliphatic rings. The summed E-state index contributed by atoms with van der Waals surface area (Å²) in [6.45, 7) is 0.212. The van der Waals surface area contributed by atoms with Crippen molar-refractivity contribution in [1.29, 1.82) is 0 Å². The minimum absolute atomic E-state index is 0.0239. The minimum atomic E-state index is -0.585. The third-order valence-corrected chi connectivity index (χ3v) is 5.10. The standard InChI is InChI=1S/C18H16ClN3O3S/c1-22(10-11-6-7-15(19)26-11)16(23)9-21-18(25)13-8-20-14-5-3-2-4-12(14)17(13)24/h2-8H,9-10H2,1H3,(H,20,24)(H,21,25). The molecule has 0 spiro atoms. The molecule has 0 radical (unpaired) electrons. The summed E-state index contributed by atoms with van der Waals surface area (Å²) in [6, 6.07) is 10.6. The number of benzene rings is 1. The Kier molecular flexibility index (Phi) is 5.39. The lowest BCUT2D eigenvalue weighted by atomic mass is 10.1. The van der Waals surface area contributed by atoms with Crippen molar-refractivity contribution in [1.82, 2.24) is 15.2 Å². The molecule has 0 aliphatic heterocycles. The van der Waals surface area contributed by atoms with Crippen LogP contribution in [0.2, 0.25) is 4.34 Å². The number of aromatic amines is 1. The van der Waals surface area contributed by atoms with E-state index in [0.29, 0.717) is 21.8 Å². The predicted octanol–water partition coefficient (Wildman–Crippen LogP) is 2.63. The van der Waals surface area contributed by atoms with Gasteiger partial charge in [-0.3, -0.25) is 14.4 Å². The van der Waals surface area contributed by atoms with E-state index < -0.39 is 5.91 Å². The van der Waals surface area contributed by atoms with E-state index in [-0.39, 0.29) is 23.4 Å². The minimum Gasteiger partial charge on any atom is -0.360 e. The lowest BCUT2D eigenvalue weighted by Gasteiger charge is -2.16. The number of hydrogen-bond donors (Lipinski definition) is 2. The summed E-state index contributed by atoms with van der Waals surface area (Å²) >= 11 is 7.27. The number of pyridine rings is 1. The second-order valence-electron chi connectivity index (χ2n) is 5.72. The largest absolute Gasteiger partial charge is 0.360 e. The van der Waals surface area contributed by atoms with Gasteiger partial charge >= 0.3 is 0 Å². The molecule has 8 heteroatoms. The van der Waals surface area contributed by atoms with Crippen LogP contribution in [0.1, 0.15) is 15.2 Å². The van der Waals surface area contributed by atoms with Gasteiger partial charge in [0.25, 0.3) is 5.91 Å². The Morgan fingerprint density at radius 1 is 1.23 bits per heavy atom. The van der Waals surface area contributed by atoms with E-state index in [1.807, 2.05) is 6.07 Å². The van der Waals surface area contributed by atoms with Crippen LogP contribution in [0.15, 0.2) is 47.4 Å². The number of carbonyl (C=O) groups excluding carboxylic acids is 2. The number of rotatable bonds is 5. The number of carbonyl (C=O) groups is 2. The molecule has 0 saturated heterocycles. The fourth-order valence-corrected chi connectivity index (χ4v) is 3.62. The Morgan fingerprint density at radius 3 is 2.73 bits per heavy atom. The lowest BCUT2D eigenvalue weighted by molar-refractivity contribution is -0.129. The maximum atomic E-state index is 12.4. The Bertz CT molecular complexity index is 1030. The van der Waals surface area contributed by atoms with Gasteiger partial charge in [-0.2, -0.15) is 0 Å². The molecule has 0 unspecified atom stereocenters. The summed E-state index contributed by atoms with van der Waals surface area (Å²) in [5, 5.41) is 2.93. The van der Waals surface area contributed by atoms with Gasteiger partial charge in [-0.25, -0.2) is 0 Å². The Morgan fingerprint density at radius 2 is 2.00 bits per heavy atom. The van der Waals surface area contributed by atoms with Crippen LogP contribution in [-0.2, 0) is 11.3 Å². The van der Waals surface area contributed by atoms with Crippen molar-refractivity contribution in [3.63, 3.8) is 0 Å². The van der Waals surface area contributed by atoms with Gasteiger partial charge in [-0.1, -0.05) is 23.7 Å². The normalized spacial score (nSPS) is 10.7. The monoisotopic (exact) mass is 389 g/mol. The lowest BCUT2D eigenvalue weighted by Crippen LogP contribution is -2.39. The van der Waals surface area contributed by atoms with Crippen LogP contribution in [0.4, 0.5) is 0 Å². The average molecular weight is 390 g/mol. The highest BCUT2D eigenvalue weighted by Gasteiger charge is 2.16. The number of nitrogens with one attached hydrogen (secondary N) is 2. The van der Waals surface area contributed by atoms with Crippen molar-refractivity contribution >= 4 is 45.7 Å². The molecule has 0 bridgehead atoms. The van der Waals surface area contributed by atoms with Crippen molar-refractivity contribution in [3.05, 3.63) is 67.6 Å². The molecule has 3 aromatic rings. The van der Waals surface area contributed by atoms with Gasteiger partial charge in [-0.15, -0.1) is 11.3 Å². The molecule has 0 atom stereocenters. The van der Waals surface area contributed by atoms with Crippen LogP contribution in [0.3, 0.4) is 0 Å². The molecule has 26 heavy (non-hydrogen) atoms. The molecule has 1 aromatic carbocycles. The van der Waals surface area contributed by atoms with Crippen molar-refractivity contribution in [2.24, 2.45) is 0 Å². The van der Waals surface area contributed by atoms with Gasteiger partial charge in [0.2, 0.25) is 11.3 Å². The van der Waals surface area contributed by atoms with Gasteiger partial charge in [0.1, 0.15) is 5.56 Å². The SMILES string of the molecule is CN(Cc1ccc(Cl)s1)C(=O)CNC(=O)c1c[nH]c2ccccc2c1=O. The first-order chi connectivity index (χ1) is 12.5. The van der Waals surface area contributed by atoms with Crippen LogP contribution < -0.4 is 10.7 Å². The van der Waals surface area contributed by atoms with Crippen LogP contribution in [0.25, 0.3) is 10.9 Å². The van der Waals surface area contributed by atoms with Crippen molar-refractivity contribution in [2.45, 2.75) is 6.54 Å². The Balaban J connectivity index is 1.64. The van der Waals surface area contributed by atoms with E-state index >= 15 is 0 Å². The van der Waals surface area contributed by atoms with Crippen LogP contribution in [0, 0.1) is 0 Å². The van der Waals surface area contributed by atoms with E-state index in [2.05, 4.69) is 10.3 Å². The summed E-state index contributed by atoms with van der Waals surface area (Å²) in [7, 11) is 1.64. The number of thiophene rings is 1. The zero-order chi connectivity index (χ0) is 18.7. The first-order valence-electron chi connectivity index (χ1n) is 7.82. The summed E-state index contributed by atoms with van der Waals surface area (Å²) in [6.07, 6.45) is 1.36. The number of H-pyrrole nitrogens is 1. The Hall–Kier alpha value is -2.64. The zero-order valence-corrected chi connectivity index (χ0v) is 15.5. The van der Waals surface area contributed by atoms with Gasteiger partial charge in [0.15, 0.2) is 0 Å². The molecule has 0 aliphatic carbocycles. The zero-order valence-electron chi connectivity index (χ0n) is 13.9. The summed E-state index contributed by atoms with van der Waals surface area (Å²) in [5.74, 6) is -0.849. The van der Waals surface area contributed by atoms with E-state index in [1.54, 1.807) is 37.4 Å². The molecule has 134 valence electrons. The third-order valence-electron chi connectivity index (χ3n) is 3.88. The number of para-hydroxylation sites is 1. The molecular weight excluding hydrogens is 374 g/mol. The van der Waals surface area contributed by atoms with Crippen molar-refractivity contribution < 1.29 is 9.59 Å². The van der Waals surface area contributed by atoms with E-state index in [1.165, 1.54) is 22.4 Å². The first-order valence-corrected chi connectivity index (χ1v) is 9.02. The van der Waals surface area contributed by atoms with E-state index in [4.69, 9.17) is 11.6 Å². The van der Waals surface area contributed by atoms with Crippen LogP contribution in [0.5, 0.6) is 0 Å². The number of likely N-dealkylation sites (N-methyl/N-ethyl adjacent to an activating group) is 1. The quantitative estimate of drug-likeness (QED) is 0.703. The van der Waals surface area contributed by atoms with Gasteiger partial charge < -0.3 is 15.2 Å². The number of halogens is 1.